The first kappa shape index (κ1) is 17.8. The number of amides is 2. The molecule has 0 atom stereocenters. The van der Waals surface area contributed by atoms with Gasteiger partial charge in [-0.3, -0.25) is 24.7 Å². The van der Waals surface area contributed by atoms with Crippen LogP contribution in [0.15, 0.2) is 54.7 Å². The predicted octanol–water partition coefficient (Wildman–Crippen LogP) is 2.26. The van der Waals surface area contributed by atoms with E-state index in [2.05, 4.69) is 10.3 Å². The number of para-hydroxylation sites is 1. The molecule has 0 fully saturated rings. The van der Waals surface area contributed by atoms with Crippen LogP contribution in [-0.2, 0) is 4.79 Å². The molecule has 0 aliphatic rings. The minimum absolute atomic E-state index is 0.106. The number of hydrogen-bond acceptors (Lipinski definition) is 6. The fraction of sp³-hybridized carbons (Fsp3) is 0.0556. The number of primary amides is 1. The number of non-ortho nitro benzene ring substituents is 1. The summed E-state index contributed by atoms with van der Waals surface area (Å²) in [6, 6.07) is 12.1. The molecule has 9 heteroatoms. The summed E-state index contributed by atoms with van der Waals surface area (Å²) in [5.41, 5.74) is 5.88. The molecule has 136 valence electrons. The largest absolute Gasteiger partial charge is 0.481 e. The van der Waals surface area contributed by atoms with Crippen molar-refractivity contribution in [2.24, 2.45) is 5.73 Å². The molecule has 0 unspecified atom stereocenters. The molecule has 27 heavy (non-hydrogen) atoms. The Balaban J connectivity index is 1.78. The molecule has 1 aromatic heterocycles. The van der Waals surface area contributed by atoms with Crippen molar-refractivity contribution in [3.05, 3.63) is 70.4 Å². The van der Waals surface area contributed by atoms with Crippen LogP contribution in [0.1, 0.15) is 10.4 Å². The summed E-state index contributed by atoms with van der Waals surface area (Å²) < 4.78 is 5.48. The molecular weight excluding hydrogens is 352 g/mol. The smallest absolute Gasteiger partial charge is 0.279 e. The third-order valence-electron chi connectivity index (χ3n) is 3.73. The van der Waals surface area contributed by atoms with E-state index < -0.39 is 16.7 Å². The number of nitrogens with one attached hydrogen (secondary N) is 1. The Kier molecular flexibility index (Phi) is 4.93. The van der Waals surface area contributed by atoms with Gasteiger partial charge in [-0.05, 0) is 30.3 Å². The standard InChI is InChI=1S/C18H14N4O5/c19-18(24)11-4-1-2-6-13(11)21-16(23)10-27-15-8-7-14(22(25)26)12-5-3-9-20-17(12)15/h1-9H,10H2,(H2,19,24)(H,21,23). The number of ether oxygens (including phenoxy) is 1. The van der Waals surface area contributed by atoms with Gasteiger partial charge < -0.3 is 15.8 Å². The normalized spacial score (nSPS) is 10.4. The zero-order valence-electron chi connectivity index (χ0n) is 13.9. The van der Waals surface area contributed by atoms with Crippen LogP contribution >= 0.6 is 0 Å². The van der Waals surface area contributed by atoms with E-state index in [1.54, 1.807) is 30.3 Å². The number of carbonyl (C=O) groups is 2. The van der Waals surface area contributed by atoms with Crippen LogP contribution in [0.4, 0.5) is 11.4 Å². The zero-order chi connectivity index (χ0) is 19.4. The first-order valence-electron chi connectivity index (χ1n) is 7.81. The third-order valence-corrected chi connectivity index (χ3v) is 3.73. The van der Waals surface area contributed by atoms with Crippen molar-refractivity contribution in [3.63, 3.8) is 0 Å². The summed E-state index contributed by atoms with van der Waals surface area (Å²) in [7, 11) is 0. The fourth-order valence-corrected chi connectivity index (χ4v) is 2.54. The van der Waals surface area contributed by atoms with Gasteiger partial charge in [0, 0.05) is 12.3 Å². The topological polar surface area (TPSA) is 137 Å². The van der Waals surface area contributed by atoms with Gasteiger partial charge >= 0.3 is 0 Å². The van der Waals surface area contributed by atoms with Crippen molar-refractivity contribution in [1.29, 1.82) is 0 Å². The van der Waals surface area contributed by atoms with E-state index in [1.165, 1.54) is 24.4 Å². The number of fused-ring (bicyclic) bond motifs is 1. The molecule has 0 saturated carbocycles. The summed E-state index contributed by atoms with van der Waals surface area (Å²) in [5, 5.41) is 14.0. The second kappa shape index (κ2) is 7.48. The Labute approximate surface area is 152 Å². The van der Waals surface area contributed by atoms with Gasteiger partial charge in [-0.1, -0.05) is 12.1 Å². The van der Waals surface area contributed by atoms with E-state index in [0.29, 0.717) is 5.39 Å². The Morgan fingerprint density at radius 2 is 1.93 bits per heavy atom. The summed E-state index contributed by atoms with van der Waals surface area (Å²) >= 11 is 0. The number of rotatable bonds is 6. The SMILES string of the molecule is NC(=O)c1ccccc1NC(=O)COc1ccc([N+](=O)[O-])c2cccnc12. The van der Waals surface area contributed by atoms with Crippen molar-refractivity contribution in [2.45, 2.75) is 0 Å². The van der Waals surface area contributed by atoms with Crippen LogP contribution in [0.5, 0.6) is 5.75 Å². The van der Waals surface area contributed by atoms with E-state index >= 15 is 0 Å². The number of pyridine rings is 1. The monoisotopic (exact) mass is 366 g/mol. The van der Waals surface area contributed by atoms with E-state index in [4.69, 9.17) is 10.5 Å². The molecule has 3 N–H and O–H groups in total. The van der Waals surface area contributed by atoms with Crippen molar-refractivity contribution in [3.8, 4) is 5.75 Å². The number of carbonyl (C=O) groups excluding carboxylic acids is 2. The third kappa shape index (κ3) is 3.82. The average molecular weight is 366 g/mol. The maximum atomic E-state index is 12.2. The minimum Gasteiger partial charge on any atom is -0.481 e. The second-order valence-corrected chi connectivity index (χ2v) is 5.49. The molecular formula is C18H14N4O5. The van der Waals surface area contributed by atoms with Gasteiger partial charge in [0.05, 0.1) is 21.6 Å². The number of anilines is 1. The van der Waals surface area contributed by atoms with E-state index in [9.17, 15) is 19.7 Å². The Morgan fingerprint density at radius 1 is 1.15 bits per heavy atom. The summed E-state index contributed by atoms with van der Waals surface area (Å²) in [5.74, 6) is -0.960. The van der Waals surface area contributed by atoms with Gasteiger partial charge in [0.2, 0.25) is 0 Å². The molecule has 2 aromatic carbocycles. The highest BCUT2D eigenvalue weighted by molar-refractivity contribution is 6.03. The van der Waals surface area contributed by atoms with Gasteiger partial charge in [-0.25, -0.2) is 0 Å². The number of aromatic nitrogens is 1. The maximum Gasteiger partial charge on any atom is 0.279 e. The van der Waals surface area contributed by atoms with E-state index in [0.717, 1.165) is 0 Å². The number of nitro groups is 1. The molecule has 0 spiro atoms. The van der Waals surface area contributed by atoms with Gasteiger partial charge in [-0.15, -0.1) is 0 Å². The maximum absolute atomic E-state index is 12.2. The van der Waals surface area contributed by atoms with Crippen molar-refractivity contribution >= 4 is 34.1 Å². The number of nitrogens with zero attached hydrogens (tertiary/aromatic N) is 2. The molecule has 0 aliphatic carbocycles. The zero-order valence-corrected chi connectivity index (χ0v) is 13.9. The Hall–Kier alpha value is -4.01. The highest BCUT2D eigenvalue weighted by atomic mass is 16.6. The van der Waals surface area contributed by atoms with Gasteiger partial charge in [0.25, 0.3) is 17.5 Å². The Morgan fingerprint density at radius 3 is 2.67 bits per heavy atom. The highest BCUT2D eigenvalue weighted by Gasteiger charge is 2.17. The molecule has 0 saturated heterocycles. The van der Waals surface area contributed by atoms with Crippen molar-refractivity contribution in [2.75, 3.05) is 11.9 Å². The molecule has 9 nitrogen and oxygen atoms in total. The summed E-state index contributed by atoms with van der Waals surface area (Å²) in [6.45, 7) is -0.378. The van der Waals surface area contributed by atoms with Gasteiger partial charge in [-0.2, -0.15) is 0 Å². The Bertz CT molecular complexity index is 1050. The van der Waals surface area contributed by atoms with E-state index in [-0.39, 0.29) is 34.8 Å². The van der Waals surface area contributed by atoms with Crippen LogP contribution in [0, 0.1) is 10.1 Å². The summed E-state index contributed by atoms with van der Waals surface area (Å²) in [6.07, 6.45) is 1.47. The lowest BCUT2D eigenvalue weighted by Crippen LogP contribution is -2.23. The predicted molar refractivity (Wildman–Crippen MR) is 97.5 cm³/mol. The molecule has 3 rings (SSSR count). The lowest BCUT2D eigenvalue weighted by molar-refractivity contribution is -0.383. The second-order valence-electron chi connectivity index (χ2n) is 5.49. The van der Waals surface area contributed by atoms with Crippen LogP contribution in [0.2, 0.25) is 0 Å². The summed E-state index contributed by atoms with van der Waals surface area (Å²) in [4.78, 5) is 38.3. The number of benzene rings is 2. The van der Waals surface area contributed by atoms with Crippen LogP contribution in [0.3, 0.4) is 0 Å². The first-order chi connectivity index (χ1) is 13.0. The van der Waals surface area contributed by atoms with Crippen LogP contribution < -0.4 is 15.8 Å². The molecule has 3 aromatic rings. The van der Waals surface area contributed by atoms with Crippen LogP contribution in [0.25, 0.3) is 10.9 Å². The van der Waals surface area contributed by atoms with Crippen molar-refractivity contribution in [1.82, 2.24) is 4.98 Å². The van der Waals surface area contributed by atoms with E-state index in [1.807, 2.05) is 0 Å². The number of nitrogens with two attached hydrogens (primary N) is 1. The van der Waals surface area contributed by atoms with Gasteiger partial charge in [0.1, 0.15) is 11.3 Å². The van der Waals surface area contributed by atoms with Gasteiger partial charge in [0.15, 0.2) is 6.61 Å². The molecule has 0 aliphatic heterocycles. The number of nitro benzene ring substituents is 1. The minimum atomic E-state index is -0.669. The lowest BCUT2D eigenvalue weighted by atomic mass is 10.1. The highest BCUT2D eigenvalue weighted by Crippen LogP contribution is 2.31. The average Bonchev–Trinajstić information content (AvgIpc) is 2.66. The molecule has 1 heterocycles. The van der Waals surface area contributed by atoms with Crippen LogP contribution in [-0.4, -0.2) is 28.3 Å². The van der Waals surface area contributed by atoms with Crippen molar-refractivity contribution < 1.29 is 19.2 Å². The first-order valence-corrected chi connectivity index (χ1v) is 7.81. The lowest BCUT2D eigenvalue weighted by Gasteiger charge is -2.11. The quantitative estimate of drug-likeness (QED) is 0.507. The number of hydrogen-bond donors (Lipinski definition) is 2. The molecule has 0 bridgehead atoms. The fourth-order valence-electron chi connectivity index (χ4n) is 2.54. The molecule has 2 amide bonds. The molecule has 0 radical (unpaired) electrons.